The number of benzene rings is 1. The molecule has 0 aliphatic heterocycles. The molecule has 1 aromatic carbocycles. The van der Waals surface area contributed by atoms with Crippen molar-refractivity contribution in [3.8, 4) is 0 Å². The van der Waals surface area contributed by atoms with Crippen LogP contribution in [0, 0.1) is 5.92 Å². The first-order valence-corrected chi connectivity index (χ1v) is 5.90. The number of carboxylic acid groups (broad SMARTS) is 1. The summed E-state index contributed by atoms with van der Waals surface area (Å²) in [4.78, 5) is 21.9. The number of carbonyl (C=O) groups is 2. The average Bonchev–Trinajstić information content (AvgIpc) is 2.28. The first kappa shape index (κ1) is 14.4. The Bertz CT molecular complexity index is 406. The van der Waals surface area contributed by atoms with Crippen LogP contribution in [-0.2, 0) is 16.0 Å². The number of aliphatic carboxylic acids is 1. The van der Waals surface area contributed by atoms with E-state index in [0.29, 0.717) is 11.5 Å². The molecule has 0 atom stereocenters. The van der Waals surface area contributed by atoms with Crippen LogP contribution in [0.2, 0.25) is 0 Å². The minimum absolute atomic E-state index is 0.199. The van der Waals surface area contributed by atoms with E-state index in [4.69, 9.17) is 9.84 Å². The van der Waals surface area contributed by atoms with Crippen molar-refractivity contribution in [1.29, 1.82) is 0 Å². The van der Waals surface area contributed by atoms with Gasteiger partial charge in [-0.2, -0.15) is 0 Å². The van der Waals surface area contributed by atoms with E-state index in [-0.39, 0.29) is 12.4 Å². The third-order valence-electron chi connectivity index (χ3n) is 2.38. The summed E-state index contributed by atoms with van der Waals surface area (Å²) in [5, 5.41) is 8.38. The highest BCUT2D eigenvalue weighted by atomic mass is 16.5. The number of carboxylic acids is 1. The van der Waals surface area contributed by atoms with Gasteiger partial charge in [-0.25, -0.2) is 4.79 Å². The molecule has 0 amide bonds. The molecule has 4 nitrogen and oxygen atoms in total. The molecule has 0 aliphatic rings. The maximum atomic E-state index is 11.6. The average molecular weight is 250 g/mol. The van der Waals surface area contributed by atoms with Crippen LogP contribution < -0.4 is 0 Å². The Balaban J connectivity index is 2.51. The van der Waals surface area contributed by atoms with Gasteiger partial charge in [0.2, 0.25) is 0 Å². The zero-order chi connectivity index (χ0) is 13.5. The van der Waals surface area contributed by atoms with Gasteiger partial charge in [0.15, 0.2) is 5.78 Å². The highest BCUT2D eigenvalue weighted by Crippen LogP contribution is 2.10. The molecule has 0 aliphatic carbocycles. The second-order valence-electron chi connectivity index (χ2n) is 4.60. The normalized spacial score (nSPS) is 10.6. The van der Waals surface area contributed by atoms with Crippen LogP contribution in [0.25, 0.3) is 0 Å². The molecule has 4 heteroatoms. The molecule has 0 fully saturated rings. The zero-order valence-electron chi connectivity index (χ0n) is 10.7. The van der Waals surface area contributed by atoms with E-state index in [2.05, 4.69) is 13.8 Å². The summed E-state index contributed by atoms with van der Waals surface area (Å²) >= 11 is 0. The Kier molecular flexibility index (Phi) is 5.52. The largest absolute Gasteiger partial charge is 0.480 e. The van der Waals surface area contributed by atoms with Gasteiger partial charge >= 0.3 is 5.97 Å². The molecule has 0 unspecified atom stereocenters. The number of Topliss-reactive ketones (excluding diaryl/α,β-unsaturated/α-hetero) is 1. The molecule has 1 N–H and O–H groups in total. The summed E-state index contributed by atoms with van der Waals surface area (Å²) in [5.74, 6) is -0.701. The van der Waals surface area contributed by atoms with Crippen LogP contribution in [0.15, 0.2) is 24.3 Å². The van der Waals surface area contributed by atoms with E-state index < -0.39 is 12.6 Å². The first-order valence-electron chi connectivity index (χ1n) is 5.90. The fourth-order valence-electron chi connectivity index (χ4n) is 1.61. The van der Waals surface area contributed by atoms with E-state index in [1.807, 2.05) is 12.1 Å². The van der Waals surface area contributed by atoms with Crippen LogP contribution in [0.5, 0.6) is 0 Å². The molecule has 0 spiro atoms. The molecule has 1 rings (SSSR count). The fraction of sp³-hybridized carbons (Fsp3) is 0.429. The summed E-state index contributed by atoms with van der Waals surface area (Å²) in [7, 11) is 0. The number of hydrogen-bond donors (Lipinski definition) is 1. The Morgan fingerprint density at radius 2 is 1.78 bits per heavy atom. The summed E-state index contributed by atoms with van der Waals surface area (Å²) < 4.78 is 4.76. The van der Waals surface area contributed by atoms with Gasteiger partial charge in [0.1, 0.15) is 13.2 Å². The van der Waals surface area contributed by atoms with E-state index in [9.17, 15) is 9.59 Å². The van der Waals surface area contributed by atoms with Gasteiger partial charge < -0.3 is 9.84 Å². The maximum Gasteiger partial charge on any atom is 0.329 e. The van der Waals surface area contributed by atoms with Crippen molar-refractivity contribution in [3.63, 3.8) is 0 Å². The number of ketones is 1. The van der Waals surface area contributed by atoms with E-state index in [0.717, 1.165) is 6.42 Å². The fourth-order valence-corrected chi connectivity index (χ4v) is 1.61. The second-order valence-corrected chi connectivity index (χ2v) is 4.60. The van der Waals surface area contributed by atoms with Gasteiger partial charge in [-0.15, -0.1) is 0 Å². The van der Waals surface area contributed by atoms with Crippen molar-refractivity contribution in [2.24, 2.45) is 5.92 Å². The molecule has 0 aromatic heterocycles. The van der Waals surface area contributed by atoms with Crippen molar-refractivity contribution in [2.45, 2.75) is 20.3 Å². The zero-order valence-corrected chi connectivity index (χ0v) is 10.7. The maximum absolute atomic E-state index is 11.6. The smallest absolute Gasteiger partial charge is 0.329 e. The van der Waals surface area contributed by atoms with Gasteiger partial charge in [-0.1, -0.05) is 38.1 Å². The third kappa shape index (κ3) is 5.10. The quantitative estimate of drug-likeness (QED) is 0.753. The van der Waals surface area contributed by atoms with Crippen molar-refractivity contribution >= 4 is 11.8 Å². The van der Waals surface area contributed by atoms with E-state index in [1.165, 1.54) is 5.56 Å². The SMILES string of the molecule is CC(C)Cc1ccc(C(=O)COCC(=O)O)cc1. The molecule has 0 bridgehead atoms. The molecule has 0 saturated carbocycles. The Morgan fingerprint density at radius 1 is 1.17 bits per heavy atom. The summed E-state index contributed by atoms with van der Waals surface area (Å²) in [6.45, 7) is 3.63. The molecular weight excluding hydrogens is 232 g/mol. The van der Waals surface area contributed by atoms with Crippen LogP contribution in [0.3, 0.4) is 0 Å². The van der Waals surface area contributed by atoms with Crippen molar-refractivity contribution < 1.29 is 19.4 Å². The standard InChI is InChI=1S/C14H18O4/c1-10(2)7-11-3-5-12(6-4-11)13(15)8-18-9-14(16)17/h3-6,10H,7-9H2,1-2H3,(H,16,17). The summed E-state index contributed by atoms with van der Waals surface area (Å²) in [5.41, 5.74) is 1.74. The predicted molar refractivity (Wildman–Crippen MR) is 67.8 cm³/mol. The molecule has 0 saturated heterocycles. The minimum atomic E-state index is -1.07. The van der Waals surface area contributed by atoms with Gasteiger partial charge in [-0.3, -0.25) is 4.79 Å². The number of rotatable bonds is 7. The first-order chi connectivity index (χ1) is 8.49. The van der Waals surface area contributed by atoms with Gasteiger partial charge in [0.05, 0.1) is 0 Å². The Hall–Kier alpha value is -1.68. The molecule has 1 aromatic rings. The van der Waals surface area contributed by atoms with Crippen LogP contribution in [0.1, 0.15) is 29.8 Å². The number of carbonyl (C=O) groups excluding carboxylic acids is 1. The molecule has 0 heterocycles. The summed E-state index contributed by atoms with van der Waals surface area (Å²) in [6.07, 6.45) is 0.976. The molecule has 18 heavy (non-hydrogen) atoms. The van der Waals surface area contributed by atoms with Crippen LogP contribution in [-0.4, -0.2) is 30.1 Å². The lowest BCUT2D eigenvalue weighted by Crippen LogP contribution is -2.14. The Labute approximate surface area is 107 Å². The van der Waals surface area contributed by atoms with Crippen LogP contribution in [0.4, 0.5) is 0 Å². The van der Waals surface area contributed by atoms with E-state index in [1.54, 1.807) is 12.1 Å². The predicted octanol–water partition coefficient (Wildman–Crippen LogP) is 2.17. The highest BCUT2D eigenvalue weighted by molar-refractivity contribution is 5.97. The Morgan fingerprint density at radius 3 is 2.28 bits per heavy atom. The van der Waals surface area contributed by atoms with Crippen molar-refractivity contribution in [3.05, 3.63) is 35.4 Å². The monoisotopic (exact) mass is 250 g/mol. The molecule has 0 radical (unpaired) electrons. The lowest BCUT2D eigenvalue weighted by Gasteiger charge is -2.06. The van der Waals surface area contributed by atoms with Crippen molar-refractivity contribution in [1.82, 2.24) is 0 Å². The van der Waals surface area contributed by atoms with Crippen LogP contribution >= 0.6 is 0 Å². The second kappa shape index (κ2) is 6.91. The van der Waals surface area contributed by atoms with Gasteiger partial charge in [0, 0.05) is 5.56 Å². The molecule has 98 valence electrons. The third-order valence-corrected chi connectivity index (χ3v) is 2.38. The van der Waals surface area contributed by atoms with E-state index >= 15 is 0 Å². The van der Waals surface area contributed by atoms with Gasteiger partial charge in [-0.05, 0) is 17.9 Å². The molecular formula is C14H18O4. The topological polar surface area (TPSA) is 63.6 Å². The summed E-state index contributed by atoms with van der Waals surface area (Å²) in [6, 6.07) is 7.35. The lowest BCUT2D eigenvalue weighted by molar-refractivity contribution is -0.141. The minimum Gasteiger partial charge on any atom is -0.480 e. The lowest BCUT2D eigenvalue weighted by atomic mass is 10.0. The highest BCUT2D eigenvalue weighted by Gasteiger charge is 2.07. The van der Waals surface area contributed by atoms with Crippen molar-refractivity contribution in [2.75, 3.05) is 13.2 Å². The number of ether oxygens (including phenoxy) is 1. The van der Waals surface area contributed by atoms with Gasteiger partial charge in [0.25, 0.3) is 0 Å². The number of hydrogen-bond acceptors (Lipinski definition) is 3.